The summed E-state index contributed by atoms with van der Waals surface area (Å²) in [6.07, 6.45) is -19.7. The predicted molar refractivity (Wildman–Crippen MR) is 230 cm³/mol. The maximum absolute atomic E-state index is 9.65. The minimum Gasteiger partial charge on any atom is -0.455 e. The van der Waals surface area contributed by atoms with Gasteiger partial charge in [0.1, 0.15) is 11.2 Å². The maximum Gasteiger partial charge on any atom is 0.144 e. The Kier molecular flexibility index (Phi) is 4.61. The highest BCUT2D eigenvalue weighted by Gasteiger charge is 2.14. The molecule has 5 aromatic carbocycles. The van der Waals surface area contributed by atoms with Crippen molar-refractivity contribution in [1.82, 2.24) is 15.0 Å². The highest BCUT2D eigenvalue weighted by atomic mass is 16.3. The molecule has 0 N–H and O–H groups in total. The molecule has 0 unspecified atom stereocenters. The molecular formula is C52H40N4O. The van der Waals surface area contributed by atoms with Gasteiger partial charge in [-0.2, -0.15) is 5.26 Å². The van der Waals surface area contributed by atoms with Gasteiger partial charge in [0.2, 0.25) is 0 Å². The van der Waals surface area contributed by atoms with Crippen molar-refractivity contribution in [3.63, 3.8) is 0 Å². The zero-order chi connectivity index (χ0) is 63.1. The average Bonchev–Trinajstić information content (AvgIpc) is 2.01. The monoisotopic (exact) mass is 764 g/mol. The van der Waals surface area contributed by atoms with Crippen molar-refractivity contribution in [2.45, 2.75) is 38.2 Å². The summed E-state index contributed by atoms with van der Waals surface area (Å²) in [5, 5.41) is 9.31. The van der Waals surface area contributed by atoms with E-state index in [1.165, 1.54) is 24.3 Å². The van der Waals surface area contributed by atoms with Crippen LogP contribution in [0.3, 0.4) is 0 Å². The minimum absolute atomic E-state index is 0.138. The number of hydrogen-bond donors (Lipinski definition) is 0. The number of para-hydroxylation sites is 1. The van der Waals surface area contributed by atoms with Crippen LogP contribution in [0.5, 0.6) is 0 Å². The second-order valence-corrected chi connectivity index (χ2v) is 11.9. The number of furan rings is 1. The smallest absolute Gasteiger partial charge is 0.144 e. The van der Waals surface area contributed by atoms with E-state index in [-0.39, 0.29) is 56.8 Å². The van der Waals surface area contributed by atoms with Gasteiger partial charge >= 0.3 is 0 Å². The molecule has 0 aliphatic rings. The lowest BCUT2D eigenvalue weighted by Crippen LogP contribution is -2.00. The number of aryl methyl sites for hydroxylation is 6. The first-order valence-electron chi connectivity index (χ1n) is 30.9. The Labute approximate surface area is 372 Å². The highest BCUT2D eigenvalue weighted by molar-refractivity contribution is 6.09. The van der Waals surface area contributed by atoms with Crippen LogP contribution in [0.25, 0.3) is 55.7 Å². The molecule has 9 aromatic rings. The summed E-state index contributed by atoms with van der Waals surface area (Å²) in [7, 11) is 0. The normalized spacial score (nSPS) is 19.8. The number of nitrogens with zero attached hydrogens (tertiary/aromatic N) is 4. The molecule has 4 aromatic heterocycles. The highest BCUT2D eigenvalue weighted by Crippen LogP contribution is 2.35. The van der Waals surface area contributed by atoms with E-state index in [4.69, 9.17) is 26.3 Å². The van der Waals surface area contributed by atoms with Gasteiger partial charge in [-0.05, 0) is 114 Å². The first kappa shape index (κ1) is 16.1. The molecule has 0 bridgehead atoms. The summed E-state index contributed by atoms with van der Waals surface area (Å²) in [6.45, 7) is 0. The molecule has 0 amide bonds. The summed E-state index contributed by atoms with van der Waals surface area (Å²) >= 11 is 0. The number of hydrogen-bond acceptors (Lipinski definition) is 5. The van der Waals surface area contributed by atoms with E-state index in [0.717, 1.165) is 12.1 Å². The van der Waals surface area contributed by atoms with Gasteiger partial charge in [0, 0.05) is 62.5 Å². The Hall–Kier alpha value is -7.16. The molecule has 0 aliphatic heterocycles. The summed E-state index contributed by atoms with van der Waals surface area (Å²) in [6, 6.07) is -0.315. The molecule has 5 heteroatoms. The molecule has 0 fully saturated rings. The molecule has 274 valence electrons. The van der Waals surface area contributed by atoms with Gasteiger partial charge in [-0.25, -0.2) is 0 Å². The van der Waals surface area contributed by atoms with E-state index in [1.807, 2.05) is 0 Å². The third-order valence-electron chi connectivity index (χ3n) is 8.14. The summed E-state index contributed by atoms with van der Waals surface area (Å²) in [4.78, 5) is 12.3. The van der Waals surface area contributed by atoms with E-state index in [9.17, 15) is 21.7 Å². The number of pyridine rings is 3. The second kappa shape index (κ2) is 16.3. The number of benzene rings is 5. The lowest BCUT2D eigenvalue weighted by atomic mass is 9.94. The van der Waals surface area contributed by atoms with Gasteiger partial charge in [-0.15, -0.1) is 0 Å². The molecule has 0 atom stereocenters. The predicted octanol–water partition coefficient (Wildman–Crippen LogP) is 12.0. The maximum atomic E-state index is 9.65. The number of rotatable bonds is 12. The zero-order valence-electron chi connectivity index (χ0n) is 57.1. The molecule has 0 saturated carbocycles. The zero-order valence-corrected chi connectivity index (χ0v) is 29.1. The van der Waals surface area contributed by atoms with Crippen LogP contribution >= 0.6 is 0 Å². The first-order valence-corrected chi connectivity index (χ1v) is 16.9. The molecule has 9 rings (SSSR count). The standard InChI is InChI=1S/C52H40N4O/c53-32-42-20-24-45-46-12-7-13-47(52(46)57-51(45)31-42)50-27-23-38(35-56-50)16-19-41-29-39(17-14-36-21-25-48(54-33-36)43-8-3-1-4-9-43)28-40(30-41)18-15-37-22-26-49(55-34-37)44-10-5-2-6-11-44/h1-13,20-31,33-35H,14-19H2/i1D,2D,3D,5D,8D,10D,12D,14D2,15D2,16D2,17D2,18D2,19D2,20D,21D,22D,23D,24D,25D,26D,27D,31D. The first-order chi connectivity index (χ1) is 39.3. The van der Waals surface area contributed by atoms with Crippen molar-refractivity contribution in [3.05, 3.63) is 209 Å². The third-order valence-corrected chi connectivity index (χ3v) is 8.14. The Balaban J connectivity index is 1.22. The van der Waals surface area contributed by atoms with Crippen LogP contribution in [-0.4, -0.2) is 15.0 Å². The van der Waals surface area contributed by atoms with Crippen LogP contribution in [0.4, 0.5) is 0 Å². The van der Waals surface area contributed by atoms with Crippen molar-refractivity contribution in [2.75, 3.05) is 0 Å². The summed E-state index contributed by atoms with van der Waals surface area (Å²) < 4.78 is 255. The molecule has 0 saturated heterocycles. The van der Waals surface area contributed by atoms with E-state index in [1.54, 1.807) is 6.07 Å². The summed E-state index contributed by atoms with van der Waals surface area (Å²) in [5.74, 6) is 0. The number of nitriles is 1. The quantitative estimate of drug-likeness (QED) is 0.124. The largest absolute Gasteiger partial charge is 0.455 e. The Morgan fingerprint density at radius 2 is 1.05 bits per heavy atom. The molecule has 4 heterocycles. The minimum atomic E-state index is -3.68. The van der Waals surface area contributed by atoms with Crippen molar-refractivity contribution >= 4 is 21.9 Å². The Bertz CT molecular complexity index is 4230. The van der Waals surface area contributed by atoms with Crippen LogP contribution in [-0.2, 0) is 38.2 Å². The fourth-order valence-electron chi connectivity index (χ4n) is 5.49. The van der Waals surface area contributed by atoms with Crippen molar-refractivity contribution in [2.24, 2.45) is 0 Å². The lowest BCUT2D eigenvalue weighted by Gasteiger charge is -2.12. The van der Waals surface area contributed by atoms with Gasteiger partial charge < -0.3 is 4.42 Å². The van der Waals surface area contributed by atoms with Crippen LogP contribution < -0.4 is 0 Å². The second-order valence-electron chi connectivity index (χ2n) is 11.9. The number of fused-ring (bicyclic) bond motifs is 3. The molecule has 0 aliphatic carbocycles. The molecule has 5 nitrogen and oxygen atoms in total. The van der Waals surface area contributed by atoms with Crippen LogP contribution in [0, 0.1) is 11.3 Å². The van der Waals surface area contributed by atoms with Gasteiger partial charge in [0.15, 0.2) is 0 Å². The third kappa shape index (κ3) is 8.12. The van der Waals surface area contributed by atoms with Crippen molar-refractivity contribution < 1.29 is 42.8 Å². The fourth-order valence-corrected chi connectivity index (χ4v) is 5.49. The van der Waals surface area contributed by atoms with Gasteiger partial charge in [0.05, 0.1) is 50.6 Å². The van der Waals surface area contributed by atoms with Crippen molar-refractivity contribution in [1.29, 1.82) is 5.26 Å². The Morgan fingerprint density at radius 1 is 0.526 bits per heavy atom. The molecular weight excluding hydrogens is 697 g/mol. The van der Waals surface area contributed by atoms with Crippen LogP contribution in [0.2, 0.25) is 0 Å². The fraction of sp³-hybridized carbons (Fsp3) is 0.115. The van der Waals surface area contributed by atoms with E-state index in [2.05, 4.69) is 15.0 Å². The van der Waals surface area contributed by atoms with Crippen LogP contribution in [0.1, 0.15) is 77.3 Å². The van der Waals surface area contributed by atoms with E-state index in [0.29, 0.717) is 36.8 Å². The van der Waals surface area contributed by atoms with Gasteiger partial charge in [-0.1, -0.05) is 109 Å². The lowest BCUT2D eigenvalue weighted by molar-refractivity contribution is 0.669. The van der Waals surface area contributed by atoms with Gasteiger partial charge in [-0.3, -0.25) is 15.0 Å². The van der Waals surface area contributed by atoms with Gasteiger partial charge in [0.25, 0.3) is 0 Å². The SMILES string of the molecule is [2H]c1ccc(-c2ncc(C([2H])([2H])C([2H])([2H])c3cc(C([2H])([2H])C([2H])([2H])c4cnc(-c5ccc([2H])c([2H])c5[2H])c([2H])c4[2H])cc(C([2H])([2H])C([2H])([2H])c4cnc(-c5ccc([2H])c6c5oc5c([2H])c(C#N)c([2H])c([2H])c56)c([2H])c4[2H])c3)c([2H])c2[2H])c([2H])c1[2H]. The molecule has 0 spiro atoms. The van der Waals surface area contributed by atoms with Crippen LogP contribution in [0.15, 0.2) is 174 Å². The summed E-state index contributed by atoms with van der Waals surface area (Å²) in [5.41, 5.74) is -9.03. The average molecular weight is 765 g/mol. The molecule has 57 heavy (non-hydrogen) atoms. The van der Waals surface area contributed by atoms with Crippen molar-refractivity contribution in [3.8, 4) is 39.8 Å². The van der Waals surface area contributed by atoms with E-state index >= 15 is 0 Å². The van der Waals surface area contributed by atoms with E-state index < -0.39 is 173 Å². The topological polar surface area (TPSA) is 75.6 Å². The Morgan fingerprint density at radius 3 is 1.61 bits per heavy atom. The molecule has 0 radical (unpaired) electrons. The number of aromatic nitrogens is 3.